The van der Waals surface area contributed by atoms with E-state index in [-0.39, 0.29) is 5.91 Å². The molecule has 128 valence electrons. The molecule has 1 aromatic heterocycles. The van der Waals surface area contributed by atoms with E-state index < -0.39 is 5.60 Å². The van der Waals surface area contributed by atoms with Gasteiger partial charge in [-0.05, 0) is 37.1 Å². The van der Waals surface area contributed by atoms with E-state index in [4.69, 9.17) is 4.74 Å². The Morgan fingerprint density at radius 3 is 2.62 bits per heavy atom. The molecular weight excluding hydrogens is 306 g/mol. The molecule has 0 aliphatic heterocycles. The highest BCUT2D eigenvalue weighted by atomic mass is 16.5. The maximum Gasteiger partial charge on any atom is 0.257 e. The highest BCUT2D eigenvalue weighted by Crippen LogP contribution is 2.31. The molecule has 1 saturated carbocycles. The SMILES string of the molecule is COc1ccc(-c2[nH]ncc2C(=O)N(C)CC2(O)CCCC2)cc1. The van der Waals surface area contributed by atoms with Crippen LogP contribution in [0, 0.1) is 0 Å². The van der Waals surface area contributed by atoms with Crippen molar-refractivity contribution in [2.24, 2.45) is 0 Å². The number of rotatable bonds is 5. The smallest absolute Gasteiger partial charge is 0.257 e. The van der Waals surface area contributed by atoms with Crippen molar-refractivity contribution < 1.29 is 14.6 Å². The number of nitrogens with one attached hydrogen (secondary N) is 1. The summed E-state index contributed by atoms with van der Waals surface area (Å²) >= 11 is 0. The normalized spacial score (nSPS) is 16.1. The first-order valence-electron chi connectivity index (χ1n) is 8.18. The third-order valence-corrected chi connectivity index (χ3v) is 4.66. The second-order valence-electron chi connectivity index (χ2n) is 6.48. The Morgan fingerprint density at radius 1 is 1.33 bits per heavy atom. The van der Waals surface area contributed by atoms with Crippen LogP contribution in [-0.2, 0) is 0 Å². The van der Waals surface area contributed by atoms with Crippen molar-refractivity contribution in [3.63, 3.8) is 0 Å². The predicted molar refractivity (Wildman–Crippen MR) is 91.0 cm³/mol. The fourth-order valence-corrected chi connectivity index (χ4v) is 3.34. The Morgan fingerprint density at radius 2 is 2.00 bits per heavy atom. The molecule has 0 bridgehead atoms. The number of aliphatic hydroxyl groups is 1. The van der Waals surface area contributed by atoms with Crippen molar-refractivity contribution >= 4 is 5.91 Å². The highest BCUT2D eigenvalue weighted by molar-refractivity contribution is 5.99. The van der Waals surface area contributed by atoms with Gasteiger partial charge < -0.3 is 14.7 Å². The van der Waals surface area contributed by atoms with Crippen molar-refractivity contribution in [3.05, 3.63) is 36.0 Å². The fraction of sp³-hybridized carbons (Fsp3) is 0.444. The number of aromatic nitrogens is 2. The Hall–Kier alpha value is -2.34. The third kappa shape index (κ3) is 3.28. The second-order valence-corrected chi connectivity index (χ2v) is 6.48. The number of benzene rings is 1. The minimum absolute atomic E-state index is 0.144. The van der Waals surface area contributed by atoms with Gasteiger partial charge in [0.1, 0.15) is 5.75 Å². The Balaban J connectivity index is 1.79. The quantitative estimate of drug-likeness (QED) is 0.883. The minimum Gasteiger partial charge on any atom is -0.497 e. The topological polar surface area (TPSA) is 78.5 Å². The van der Waals surface area contributed by atoms with Crippen molar-refractivity contribution in [2.45, 2.75) is 31.3 Å². The van der Waals surface area contributed by atoms with Crippen LogP contribution in [0.4, 0.5) is 0 Å². The van der Waals surface area contributed by atoms with Gasteiger partial charge in [0.25, 0.3) is 5.91 Å². The molecule has 1 amide bonds. The van der Waals surface area contributed by atoms with Gasteiger partial charge in [-0.3, -0.25) is 9.89 Å². The number of likely N-dealkylation sites (N-methyl/N-ethyl adjacent to an activating group) is 1. The molecule has 0 saturated heterocycles. The van der Waals surface area contributed by atoms with E-state index in [0.29, 0.717) is 17.8 Å². The summed E-state index contributed by atoms with van der Waals surface area (Å²) in [6.07, 6.45) is 5.07. The lowest BCUT2D eigenvalue weighted by Crippen LogP contribution is -2.42. The Bertz CT molecular complexity index is 703. The van der Waals surface area contributed by atoms with E-state index in [1.807, 2.05) is 24.3 Å². The number of amides is 1. The molecule has 1 aliphatic carbocycles. The van der Waals surface area contributed by atoms with Crippen molar-refractivity contribution in [1.29, 1.82) is 0 Å². The highest BCUT2D eigenvalue weighted by Gasteiger charge is 2.34. The molecule has 24 heavy (non-hydrogen) atoms. The van der Waals surface area contributed by atoms with Gasteiger partial charge in [0.2, 0.25) is 0 Å². The van der Waals surface area contributed by atoms with Gasteiger partial charge in [0.15, 0.2) is 0 Å². The molecular formula is C18H23N3O3. The van der Waals surface area contributed by atoms with Crippen LogP contribution in [0.5, 0.6) is 5.75 Å². The van der Waals surface area contributed by atoms with E-state index in [1.165, 1.54) is 6.20 Å². The molecule has 3 rings (SSSR count). The molecule has 1 aromatic carbocycles. The molecule has 2 N–H and O–H groups in total. The zero-order valence-corrected chi connectivity index (χ0v) is 14.1. The first kappa shape index (κ1) is 16.5. The van der Waals surface area contributed by atoms with Crippen molar-refractivity contribution in [3.8, 4) is 17.0 Å². The third-order valence-electron chi connectivity index (χ3n) is 4.66. The second kappa shape index (κ2) is 6.65. The van der Waals surface area contributed by atoms with Gasteiger partial charge in [0, 0.05) is 19.2 Å². The van der Waals surface area contributed by atoms with E-state index in [0.717, 1.165) is 37.0 Å². The molecule has 6 nitrogen and oxygen atoms in total. The number of carbonyl (C=O) groups excluding carboxylic acids is 1. The lowest BCUT2D eigenvalue weighted by molar-refractivity contribution is 0.0157. The monoisotopic (exact) mass is 329 g/mol. The molecule has 0 radical (unpaired) electrons. The summed E-state index contributed by atoms with van der Waals surface area (Å²) in [5.41, 5.74) is 1.29. The van der Waals surface area contributed by atoms with E-state index >= 15 is 0 Å². The summed E-state index contributed by atoms with van der Waals surface area (Å²) in [5.74, 6) is 0.613. The average Bonchev–Trinajstić information content (AvgIpc) is 3.23. The summed E-state index contributed by atoms with van der Waals surface area (Å²) in [4.78, 5) is 14.4. The first-order chi connectivity index (χ1) is 11.5. The van der Waals surface area contributed by atoms with Gasteiger partial charge >= 0.3 is 0 Å². The average molecular weight is 329 g/mol. The zero-order valence-electron chi connectivity index (χ0n) is 14.1. The van der Waals surface area contributed by atoms with Crippen LogP contribution in [0.2, 0.25) is 0 Å². The Labute approximate surface area is 141 Å². The molecule has 0 atom stereocenters. The van der Waals surface area contributed by atoms with Crippen LogP contribution in [0.3, 0.4) is 0 Å². The van der Waals surface area contributed by atoms with E-state index in [1.54, 1.807) is 19.1 Å². The largest absolute Gasteiger partial charge is 0.497 e. The maximum absolute atomic E-state index is 12.8. The number of aromatic amines is 1. The summed E-state index contributed by atoms with van der Waals surface area (Å²) in [6.45, 7) is 0.346. The molecule has 1 fully saturated rings. The summed E-state index contributed by atoms with van der Waals surface area (Å²) < 4.78 is 5.16. The number of methoxy groups -OCH3 is 1. The van der Waals surface area contributed by atoms with Gasteiger partial charge in [-0.2, -0.15) is 5.10 Å². The lowest BCUT2D eigenvalue weighted by Gasteiger charge is -2.28. The summed E-state index contributed by atoms with van der Waals surface area (Å²) in [7, 11) is 3.34. The van der Waals surface area contributed by atoms with Crippen LogP contribution in [-0.4, -0.2) is 52.4 Å². The van der Waals surface area contributed by atoms with Crippen molar-refractivity contribution in [1.82, 2.24) is 15.1 Å². The van der Waals surface area contributed by atoms with Gasteiger partial charge in [0.05, 0.1) is 30.2 Å². The minimum atomic E-state index is -0.756. The van der Waals surface area contributed by atoms with E-state index in [2.05, 4.69) is 10.2 Å². The number of hydrogen-bond donors (Lipinski definition) is 2. The van der Waals surface area contributed by atoms with Gasteiger partial charge in [-0.1, -0.05) is 12.8 Å². The van der Waals surface area contributed by atoms with Crippen LogP contribution >= 0.6 is 0 Å². The van der Waals surface area contributed by atoms with Gasteiger partial charge in [-0.15, -0.1) is 0 Å². The summed E-state index contributed by atoms with van der Waals surface area (Å²) in [6, 6.07) is 7.45. The maximum atomic E-state index is 12.8. The molecule has 0 unspecified atom stereocenters. The standard InChI is InChI=1S/C18H23N3O3/c1-21(12-18(23)9-3-4-10-18)17(22)15-11-19-20-16(15)13-5-7-14(24-2)8-6-13/h5-8,11,23H,3-4,9-10,12H2,1-2H3,(H,19,20). The lowest BCUT2D eigenvalue weighted by atomic mass is 10.0. The number of carbonyl (C=O) groups is 1. The fourth-order valence-electron chi connectivity index (χ4n) is 3.34. The Kier molecular flexibility index (Phi) is 4.57. The van der Waals surface area contributed by atoms with Crippen LogP contribution < -0.4 is 4.74 Å². The molecule has 0 spiro atoms. The first-order valence-corrected chi connectivity index (χ1v) is 8.18. The molecule has 6 heteroatoms. The molecule has 1 aliphatic rings. The predicted octanol–water partition coefficient (Wildman–Crippen LogP) is 2.46. The number of hydrogen-bond acceptors (Lipinski definition) is 4. The summed E-state index contributed by atoms with van der Waals surface area (Å²) in [5, 5.41) is 17.4. The van der Waals surface area contributed by atoms with Crippen LogP contribution in [0.1, 0.15) is 36.0 Å². The molecule has 2 aromatic rings. The van der Waals surface area contributed by atoms with Crippen molar-refractivity contribution in [2.75, 3.05) is 20.7 Å². The molecule has 1 heterocycles. The van der Waals surface area contributed by atoms with Gasteiger partial charge in [-0.25, -0.2) is 0 Å². The van der Waals surface area contributed by atoms with Crippen LogP contribution in [0.25, 0.3) is 11.3 Å². The number of nitrogens with zero attached hydrogens (tertiary/aromatic N) is 2. The number of H-pyrrole nitrogens is 1. The van der Waals surface area contributed by atoms with E-state index in [9.17, 15) is 9.90 Å². The number of ether oxygens (including phenoxy) is 1. The zero-order chi connectivity index (χ0) is 17.2. The van der Waals surface area contributed by atoms with Crippen LogP contribution in [0.15, 0.2) is 30.5 Å².